The second-order valence-corrected chi connectivity index (χ2v) is 3.24. The SMILES string of the molecule is C=CC(=O)OC(=C)C(C)(OC(=O)C=C)OC(=O)C=C. The van der Waals surface area contributed by atoms with Crippen molar-refractivity contribution in [1.29, 1.82) is 0 Å². The monoisotopic (exact) mass is 266 g/mol. The zero-order chi connectivity index (χ0) is 15.1. The predicted octanol–water partition coefficient (Wildman–Crippen LogP) is 1.40. The van der Waals surface area contributed by atoms with Crippen LogP contribution in [0.2, 0.25) is 0 Å². The Labute approximate surface area is 110 Å². The highest BCUT2D eigenvalue weighted by Crippen LogP contribution is 2.24. The summed E-state index contributed by atoms with van der Waals surface area (Å²) in [5.74, 6) is -5.02. The molecule has 0 saturated heterocycles. The Balaban J connectivity index is 5.17. The molecule has 102 valence electrons. The minimum Gasteiger partial charge on any atom is -0.420 e. The second kappa shape index (κ2) is 6.95. The Hall–Kier alpha value is -2.63. The number of hydrogen-bond donors (Lipinski definition) is 0. The first kappa shape index (κ1) is 16.4. The van der Waals surface area contributed by atoms with Crippen molar-refractivity contribution < 1.29 is 28.6 Å². The minimum absolute atomic E-state index is 0.400. The lowest BCUT2D eigenvalue weighted by Gasteiger charge is -2.28. The average Bonchev–Trinajstić information content (AvgIpc) is 2.37. The van der Waals surface area contributed by atoms with Crippen molar-refractivity contribution >= 4 is 17.9 Å². The summed E-state index contributed by atoms with van der Waals surface area (Å²) in [5, 5.41) is 0. The van der Waals surface area contributed by atoms with Gasteiger partial charge in [-0.3, -0.25) is 0 Å². The Morgan fingerprint density at radius 1 is 0.895 bits per heavy atom. The van der Waals surface area contributed by atoms with Gasteiger partial charge >= 0.3 is 23.7 Å². The van der Waals surface area contributed by atoms with Crippen LogP contribution in [0.5, 0.6) is 0 Å². The van der Waals surface area contributed by atoms with Crippen molar-refractivity contribution in [2.75, 3.05) is 0 Å². The van der Waals surface area contributed by atoms with Gasteiger partial charge < -0.3 is 14.2 Å². The second-order valence-electron chi connectivity index (χ2n) is 3.24. The number of rotatable bonds is 7. The van der Waals surface area contributed by atoms with Gasteiger partial charge in [-0.2, -0.15) is 0 Å². The highest BCUT2D eigenvalue weighted by atomic mass is 16.7. The molecule has 0 bridgehead atoms. The summed E-state index contributed by atoms with van der Waals surface area (Å²) in [6.07, 6.45) is 2.57. The van der Waals surface area contributed by atoms with E-state index in [0.29, 0.717) is 0 Å². The van der Waals surface area contributed by atoms with Gasteiger partial charge in [-0.05, 0) is 0 Å². The van der Waals surface area contributed by atoms with Crippen molar-refractivity contribution in [2.24, 2.45) is 0 Å². The van der Waals surface area contributed by atoms with Crippen molar-refractivity contribution in [1.82, 2.24) is 0 Å². The standard InChI is InChI=1S/C13H14O6/c1-6-10(14)17-9(4)13(5,18-11(15)7-2)19-12(16)8-3/h6-8H,1-4H2,5H3. The van der Waals surface area contributed by atoms with Gasteiger partial charge in [0.25, 0.3) is 0 Å². The van der Waals surface area contributed by atoms with Gasteiger partial charge in [0.05, 0.1) is 0 Å². The molecule has 0 radical (unpaired) electrons. The molecule has 0 aromatic carbocycles. The molecule has 0 fully saturated rings. The van der Waals surface area contributed by atoms with E-state index in [1.54, 1.807) is 0 Å². The molecular weight excluding hydrogens is 252 g/mol. The molecule has 0 atom stereocenters. The largest absolute Gasteiger partial charge is 0.420 e. The Morgan fingerprint density at radius 2 is 1.26 bits per heavy atom. The summed E-state index contributed by atoms with van der Waals surface area (Å²) in [4.78, 5) is 33.5. The zero-order valence-corrected chi connectivity index (χ0v) is 10.5. The number of carbonyl (C=O) groups is 3. The summed E-state index contributed by atoms with van der Waals surface area (Å²) < 4.78 is 14.3. The van der Waals surface area contributed by atoms with Gasteiger partial charge in [0.15, 0.2) is 5.76 Å². The Kier molecular flexibility index (Phi) is 5.99. The van der Waals surface area contributed by atoms with Gasteiger partial charge in [0.2, 0.25) is 0 Å². The molecular formula is C13H14O6. The molecule has 0 aliphatic heterocycles. The van der Waals surface area contributed by atoms with E-state index in [2.05, 4.69) is 31.1 Å². The Bertz CT molecular complexity index is 424. The lowest BCUT2D eigenvalue weighted by atomic mass is 10.2. The van der Waals surface area contributed by atoms with Crippen LogP contribution in [0.15, 0.2) is 50.3 Å². The first-order chi connectivity index (χ1) is 8.78. The molecule has 0 amide bonds. The molecule has 0 aromatic heterocycles. The van der Waals surface area contributed by atoms with Crippen LogP contribution in [0.1, 0.15) is 6.92 Å². The van der Waals surface area contributed by atoms with Crippen LogP contribution < -0.4 is 0 Å². The van der Waals surface area contributed by atoms with E-state index in [1.165, 1.54) is 6.92 Å². The van der Waals surface area contributed by atoms with Gasteiger partial charge in [0, 0.05) is 25.2 Å². The predicted molar refractivity (Wildman–Crippen MR) is 66.4 cm³/mol. The molecule has 0 spiro atoms. The summed E-state index contributed by atoms with van der Waals surface area (Å²) in [5.41, 5.74) is 0. The molecule has 0 saturated carbocycles. The van der Waals surface area contributed by atoms with Crippen molar-refractivity contribution in [3.05, 3.63) is 50.3 Å². The molecule has 0 rings (SSSR count). The van der Waals surface area contributed by atoms with Crippen LogP contribution in [0.25, 0.3) is 0 Å². The topological polar surface area (TPSA) is 78.9 Å². The first-order valence-electron chi connectivity index (χ1n) is 5.03. The molecule has 0 aliphatic carbocycles. The van der Waals surface area contributed by atoms with E-state index in [-0.39, 0.29) is 0 Å². The van der Waals surface area contributed by atoms with Crippen LogP contribution in [0, 0.1) is 0 Å². The third kappa shape index (κ3) is 5.03. The van der Waals surface area contributed by atoms with Gasteiger partial charge in [-0.15, -0.1) is 0 Å². The smallest absolute Gasteiger partial charge is 0.335 e. The maximum atomic E-state index is 11.2. The normalized spacial score (nSPS) is 9.74. The number of hydrogen-bond acceptors (Lipinski definition) is 6. The summed E-state index contributed by atoms with van der Waals surface area (Å²) in [6.45, 7) is 14.1. The van der Waals surface area contributed by atoms with Gasteiger partial charge in [0.1, 0.15) is 0 Å². The lowest BCUT2D eigenvalue weighted by Crippen LogP contribution is -2.39. The highest BCUT2D eigenvalue weighted by Gasteiger charge is 2.38. The van der Waals surface area contributed by atoms with Crippen LogP contribution in [0.3, 0.4) is 0 Å². The van der Waals surface area contributed by atoms with Crippen molar-refractivity contribution in [3.63, 3.8) is 0 Å². The molecule has 6 heteroatoms. The van der Waals surface area contributed by atoms with Crippen LogP contribution in [-0.2, 0) is 28.6 Å². The fraction of sp³-hybridized carbons (Fsp3) is 0.154. The Morgan fingerprint density at radius 3 is 1.58 bits per heavy atom. The van der Waals surface area contributed by atoms with Crippen molar-refractivity contribution in [2.45, 2.75) is 12.7 Å². The number of carbonyl (C=O) groups excluding carboxylic acids is 3. The van der Waals surface area contributed by atoms with Crippen molar-refractivity contribution in [3.8, 4) is 0 Å². The molecule has 0 N–H and O–H groups in total. The highest BCUT2D eigenvalue weighted by molar-refractivity contribution is 5.84. The van der Waals surface area contributed by atoms with Gasteiger partial charge in [-0.25, -0.2) is 14.4 Å². The van der Waals surface area contributed by atoms with E-state index in [9.17, 15) is 14.4 Å². The molecule has 19 heavy (non-hydrogen) atoms. The van der Waals surface area contributed by atoms with Gasteiger partial charge in [-0.1, -0.05) is 26.3 Å². The first-order valence-corrected chi connectivity index (χ1v) is 5.03. The molecule has 0 heterocycles. The minimum atomic E-state index is -1.99. The third-order valence-corrected chi connectivity index (χ3v) is 1.82. The molecule has 0 aliphatic rings. The van der Waals surface area contributed by atoms with E-state index < -0.39 is 29.5 Å². The fourth-order valence-electron chi connectivity index (χ4n) is 0.858. The molecule has 6 nitrogen and oxygen atoms in total. The fourth-order valence-corrected chi connectivity index (χ4v) is 0.858. The zero-order valence-electron chi connectivity index (χ0n) is 10.5. The van der Waals surface area contributed by atoms with Crippen LogP contribution >= 0.6 is 0 Å². The van der Waals surface area contributed by atoms with Crippen LogP contribution in [-0.4, -0.2) is 23.7 Å². The van der Waals surface area contributed by atoms with E-state index >= 15 is 0 Å². The lowest BCUT2D eigenvalue weighted by molar-refractivity contribution is -0.214. The third-order valence-electron chi connectivity index (χ3n) is 1.82. The quantitative estimate of drug-likeness (QED) is 0.300. The summed E-state index contributed by atoms with van der Waals surface area (Å²) >= 11 is 0. The number of ether oxygens (including phenoxy) is 3. The van der Waals surface area contributed by atoms with E-state index in [4.69, 9.17) is 9.47 Å². The molecule has 0 unspecified atom stereocenters. The van der Waals surface area contributed by atoms with E-state index in [1.807, 2.05) is 0 Å². The average molecular weight is 266 g/mol. The summed E-state index contributed by atoms with van der Waals surface area (Å²) in [6, 6.07) is 0. The molecule has 0 aromatic rings. The van der Waals surface area contributed by atoms with Crippen LogP contribution in [0.4, 0.5) is 0 Å². The summed E-state index contributed by atoms with van der Waals surface area (Å²) in [7, 11) is 0. The maximum Gasteiger partial charge on any atom is 0.335 e. The van der Waals surface area contributed by atoms with E-state index in [0.717, 1.165) is 18.2 Å². The number of esters is 3. The maximum absolute atomic E-state index is 11.2.